The van der Waals surface area contributed by atoms with Crippen LogP contribution in [0.3, 0.4) is 0 Å². The topological polar surface area (TPSA) is 54.3 Å². The van der Waals surface area contributed by atoms with Gasteiger partial charge in [0.2, 0.25) is 0 Å². The van der Waals surface area contributed by atoms with Crippen LogP contribution >= 0.6 is 0 Å². The Kier molecular flexibility index (Phi) is 6.61. The van der Waals surface area contributed by atoms with E-state index in [0.717, 1.165) is 57.0 Å². The molecule has 0 aromatic heterocycles. The number of aromatic hydroxyl groups is 1. The summed E-state index contributed by atoms with van der Waals surface area (Å²) in [5.41, 5.74) is 0.924. The van der Waals surface area contributed by atoms with Crippen molar-refractivity contribution in [3.8, 4) is 5.75 Å². The lowest BCUT2D eigenvalue weighted by Gasteiger charge is -2.38. The monoisotopic (exact) mass is 359 g/mol. The van der Waals surface area contributed by atoms with E-state index in [1.807, 2.05) is 25.2 Å². The van der Waals surface area contributed by atoms with Crippen molar-refractivity contribution in [1.82, 2.24) is 15.1 Å². The van der Waals surface area contributed by atoms with Crippen molar-refractivity contribution in [2.45, 2.75) is 31.7 Å². The molecular weight excluding hydrogens is 326 g/mol. The number of anilines is 1. The Morgan fingerprint density at radius 2 is 1.88 bits per heavy atom. The van der Waals surface area contributed by atoms with Gasteiger partial charge in [0.15, 0.2) is 5.96 Å². The molecule has 2 aliphatic rings. The van der Waals surface area contributed by atoms with Crippen LogP contribution in [-0.2, 0) is 0 Å². The number of benzene rings is 1. The number of aliphatic imine (C=N–C) groups is 1. The lowest BCUT2D eigenvalue weighted by atomic mass is 10.2. The van der Waals surface area contributed by atoms with Crippen molar-refractivity contribution in [3.63, 3.8) is 0 Å². The first-order valence-corrected chi connectivity index (χ1v) is 9.88. The molecule has 1 saturated carbocycles. The smallest absolute Gasteiger partial charge is 0.193 e. The lowest BCUT2D eigenvalue weighted by Crippen LogP contribution is -2.53. The fourth-order valence-corrected chi connectivity index (χ4v) is 4.09. The third-order valence-corrected chi connectivity index (χ3v) is 5.71. The summed E-state index contributed by atoms with van der Waals surface area (Å²) in [6, 6.07) is 8.34. The van der Waals surface area contributed by atoms with Gasteiger partial charge in [-0.15, -0.1) is 0 Å². The Bertz CT molecular complexity index is 592. The number of phenolic OH excluding ortho intramolecular Hbond substituents is 1. The van der Waals surface area contributed by atoms with Gasteiger partial charge in [-0.05, 0) is 32.0 Å². The predicted molar refractivity (Wildman–Crippen MR) is 108 cm³/mol. The third kappa shape index (κ3) is 4.61. The fraction of sp³-hybridized carbons (Fsp3) is 0.650. The van der Waals surface area contributed by atoms with Gasteiger partial charge < -0.3 is 25.1 Å². The van der Waals surface area contributed by atoms with Crippen molar-refractivity contribution < 1.29 is 5.11 Å². The summed E-state index contributed by atoms with van der Waals surface area (Å²) < 4.78 is 0. The lowest BCUT2D eigenvalue weighted by molar-refractivity contribution is 0.248. The molecular formula is C20H33N5O. The molecule has 1 aliphatic heterocycles. The molecule has 1 saturated heterocycles. The summed E-state index contributed by atoms with van der Waals surface area (Å²) in [6.07, 6.45) is 5.45. The van der Waals surface area contributed by atoms with Gasteiger partial charge in [0.05, 0.1) is 5.69 Å². The highest BCUT2D eigenvalue weighted by molar-refractivity contribution is 5.80. The summed E-state index contributed by atoms with van der Waals surface area (Å²) in [7, 11) is 4.10. The summed E-state index contributed by atoms with van der Waals surface area (Å²) in [6.45, 7) is 5.58. The van der Waals surface area contributed by atoms with Gasteiger partial charge in [0, 0.05) is 52.4 Å². The number of para-hydroxylation sites is 2. The molecule has 2 fully saturated rings. The first kappa shape index (κ1) is 18.8. The van der Waals surface area contributed by atoms with Gasteiger partial charge in [-0.25, -0.2) is 0 Å². The number of nitrogens with zero attached hydrogens (tertiary/aromatic N) is 4. The molecule has 0 bridgehead atoms. The zero-order valence-corrected chi connectivity index (χ0v) is 16.2. The summed E-state index contributed by atoms with van der Waals surface area (Å²) >= 11 is 0. The predicted octanol–water partition coefficient (Wildman–Crippen LogP) is 1.96. The molecule has 1 heterocycles. The van der Waals surface area contributed by atoms with Gasteiger partial charge in [-0.2, -0.15) is 0 Å². The molecule has 0 spiro atoms. The SMILES string of the molecule is CN=C(NCCN(C)C1CCCC1)N1CCN(c2ccccc2O)CC1. The van der Waals surface area contributed by atoms with E-state index in [1.165, 1.54) is 25.7 Å². The molecule has 0 atom stereocenters. The normalized spacial score (nSPS) is 19.4. The number of hydrogen-bond donors (Lipinski definition) is 2. The highest BCUT2D eigenvalue weighted by atomic mass is 16.3. The van der Waals surface area contributed by atoms with Crippen molar-refractivity contribution >= 4 is 11.6 Å². The minimum absolute atomic E-state index is 0.360. The number of guanidine groups is 1. The maximum Gasteiger partial charge on any atom is 0.193 e. The Labute approximate surface area is 157 Å². The van der Waals surface area contributed by atoms with E-state index >= 15 is 0 Å². The van der Waals surface area contributed by atoms with Crippen LogP contribution in [0.2, 0.25) is 0 Å². The van der Waals surface area contributed by atoms with Crippen LogP contribution in [0, 0.1) is 0 Å². The van der Waals surface area contributed by atoms with Gasteiger partial charge in [0.1, 0.15) is 5.75 Å². The quantitative estimate of drug-likeness (QED) is 0.622. The molecule has 144 valence electrons. The van der Waals surface area contributed by atoms with E-state index in [9.17, 15) is 5.11 Å². The van der Waals surface area contributed by atoms with Gasteiger partial charge in [0.25, 0.3) is 0 Å². The second kappa shape index (κ2) is 9.12. The molecule has 6 heteroatoms. The Morgan fingerprint density at radius 1 is 1.19 bits per heavy atom. The van der Waals surface area contributed by atoms with Crippen LogP contribution in [0.5, 0.6) is 5.75 Å². The van der Waals surface area contributed by atoms with Crippen molar-refractivity contribution in [2.24, 2.45) is 4.99 Å². The minimum atomic E-state index is 0.360. The highest BCUT2D eigenvalue weighted by Crippen LogP contribution is 2.27. The second-order valence-corrected chi connectivity index (χ2v) is 7.36. The number of hydrogen-bond acceptors (Lipinski definition) is 4. The van der Waals surface area contributed by atoms with Crippen LogP contribution in [0.15, 0.2) is 29.3 Å². The number of likely N-dealkylation sites (N-methyl/N-ethyl adjacent to an activating group) is 1. The van der Waals surface area contributed by atoms with E-state index < -0.39 is 0 Å². The standard InChI is InChI=1S/C20H33N5O/c1-21-20(22-11-12-23(2)17-7-3-4-8-17)25-15-13-24(14-16-25)18-9-5-6-10-19(18)26/h5-6,9-10,17,26H,3-4,7-8,11-16H2,1-2H3,(H,21,22). The molecule has 1 aromatic rings. The molecule has 6 nitrogen and oxygen atoms in total. The average Bonchev–Trinajstić information content (AvgIpc) is 3.21. The van der Waals surface area contributed by atoms with E-state index in [1.54, 1.807) is 6.07 Å². The summed E-state index contributed by atoms with van der Waals surface area (Å²) in [5, 5.41) is 13.6. The number of rotatable bonds is 5. The van der Waals surface area contributed by atoms with E-state index in [0.29, 0.717) is 5.75 Å². The maximum absolute atomic E-state index is 10.0. The Morgan fingerprint density at radius 3 is 2.54 bits per heavy atom. The largest absolute Gasteiger partial charge is 0.506 e. The van der Waals surface area contributed by atoms with Crippen LogP contribution < -0.4 is 10.2 Å². The van der Waals surface area contributed by atoms with Crippen LogP contribution in [0.1, 0.15) is 25.7 Å². The zero-order chi connectivity index (χ0) is 18.4. The molecule has 1 aliphatic carbocycles. The Balaban J connectivity index is 1.44. The van der Waals surface area contributed by atoms with Crippen molar-refractivity contribution in [3.05, 3.63) is 24.3 Å². The molecule has 2 N–H and O–H groups in total. The first-order chi connectivity index (χ1) is 12.7. The van der Waals surface area contributed by atoms with Crippen molar-refractivity contribution in [1.29, 1.82) is 0 Å². The van der Waals surface area contributed by atoms with E-state index in [2.05, 4.69) is 32.1 Å². The molecule has 0 unspecified atom stereocenters. The number of phenols is 1. The van der Waals surface area contributed by atoms with Crippen LogP contribution in [0.25, 0.3) is 0 Å². The average molecular weight is 360 g/mol. The van der Waals surface area contributed by atoms with E-state index in [4.69, 9.17) is 0 Å². The molecule has 26 heavy (non-hydrogen) atoms. The molecule has 1 aromatic carbocycles. The molecule has 0 amide bonds. The van der Waals surface area contributed by atoms with Gasteiger partial charge in [-0.3, -0.25) is 4.99 Å². The maximum atomic E-state index is 10.0. The Hall–Kier alpha value is -1.95. The fourth-order valence-electron chi connectivity index (χ4n) is 4.09. The van der Waals surface area contributed by atoms with Gasteiger partial charge >= 0.3 is 0 Å². The third-order valence-electron chi connectivity index (χ3n) is 5.71. The summed E-state index contributed by atoms with van der Waals surface area (Å²) in [5.74, 6) is 1.35. The summed E-state index contributed by atoms with van der Waals surface area (Å²) in [4.78, 5) is 11.5. The minimum Gasteiger partial charge on any atom is -0.506 e. The zero-order valence-electron chi connectivity index (χ0n) is 16.2. The van der Waals surface area contributed by atoms with Crippen LogP contribution in [0.4, 0.5) is 5.69 Å². The van der Waals surface area contributed by atoms with Gasteiger partial charge in [-0.1, -0.05) is 25.0 Å². The molecule has 0 radical (unpaired) electrons. The van der Waals surface area contributed by atoms with E-state index in [-0.39, 0.29) is 0 Å². The van der Waals surface area contributed by atoms with Crippen molar-refractivity contribution in [2.75, 3.05) is 58.3 Å². The first-order valence-electron chi connectivity index (χ1n) is 9.88. The number of nitrogens with one attached hydrogen (secondary N) is 1. The molecule has 3 rings (SSSR count). The number of piperazine rings is 1. The highest BCUT2D eigenvalue weighted by Gasteiger charge is 2.22. The van der Waals surface area contributed by atoms with Crippen LogP contribution in [-0.4, -0.2) is 80.3 Å². The second-order valence-electron chi connectivity index (χ2n) is 7.36.